The van der Waals surface area contributed by atoms with Gasteiger partial charge in [-0.1, -0.05) is 0 Å². The van der Waals surface area contributed by atoms with Gasteiger partial charge in [0.2, 0.25) is 0 Å². The van der Waals surface area contributed by atoms with Crippen molar-refractivity contribution in [1.29, 1.82) is 0 Å². The Morgan fingerprint density at radius 2 is 2.07 bits per heavy atom. The van der Waals surface area contributed by atoms with E-state index in [2.05, 4.69) is 0 Å². The number of rotatable bonds is 2. The van der Waals surface area contributed by atoms with Crippen molar-refractivity contribution >= 4 is 17.9 Å². The zero-order valence-corrected chi connectivity index (χ0v) is 8.15. The minimum atomic E-state index is -0.145. The van der Waals surface area contributed by atoms with E-state index in [0.29, 0.717) is 23.1 Å². The van der Waals surface area contributed by atoms with E-state index in [1.807, 2.05) is 0 Å². The van der Waals surface area contributed by atoms with Crippen LogP contribution in [0.2, 0.25) is 0 Å². The maximum atomic E-state index is 11.5. The molecule has 0 bridgehead atoms. The molecular formula is C10H12N2O2. The highest BCUT2D eigenvalue weighted by molar-refractivity contribution is 5.97. The van der Waals surface area contributed by atoms with Crippen molar-refractivity contribution in [2.45, 2.75) is 0 Å². The molecule has 0 aliphatic carbocycles. The van der Waals surface area contributed by atoms with Crippen molar-refractivity contribution in [3.05, 3.63) is 29.3 Å². The van der Waals surface area contributed by atoms with Crippen LogP contribution in [0, 0.1) is 0 Å². The zero-order valence-electron chi connectivity index (χ0n) is 8.15. The molecule has 1 rings (SSSR count). The zero-order chi connectivity index (χ0) is 10.7. The smallest absolute Gasteiger partial charge is 0.253 e. The summed E-state index contributed by atoms with van der Waals surface area (Å²) in [6.45, 7) is 0. The molecule has 0 spiro atoms. The van der Waals surface area contributed by atoms with E-state index in [1.54, 1.807) is 26.2 Å². The van der Waals surface area contributed by atoms with Crippen LogP contribution in [-0.2, 0) is 0 Å². The van der Waals surface area contributed by atoms with Gasteiger partial charge in [-0.3, -0.25) is 9.59 Å². The molecule has 4 nitrogen and oxygen atoms in total. The quantitative estimate of drug-likeness (QED) is 0.556. The molecule has 4 heteroatoms. The minimum absolute atomic E-state index is 0.145. The molecule has 1 amide bonds. The third-order valence-electron chi connectivity index (χ3n) is 1.87. The molecule has 0 radical (unpaired) electrons. The van der Waals surface area contributed by atoms with Gasteiger partial charge in [0.15, 0.2) is 6.29 Å². The standard InChI is InChI=1S/C10H12N2O2/c1-12(2)10(14)7-3-4-9(11)8(5-7)6-13/h3-6H,11H2,1-2H3. The molecule has 2 N–H and O–H groups in total. The molecule has 0 aliphatic rings. The lowest BCUT2D eigenvalue weighted by molar-refractivity contribution is 0.0827. The molecule has 0 unspecified atom stereocenters. The Kier molecular flexibility index (Phi) is 2.86. The Labute approximate surface area is 82.3 Å². The lowest BCUT2D eigenvalue weighted by atomic mass is 10.1. The van der Waals surface area contributed by atoms with Crippen molar-refractivity contribution < 1.29 is 9.59 Å². The number of hydrogen-bond donors (Lipinski definition) is 1. The summed E-state index contributed by atoms with van der Waals surface area (Å²) >= 11 is 0. The van der Waals surface area contributed by atoms with Crippen LogP contribution in [-0.4, -0.2) is 31.2 Å². The highest BCUT2D eigenvalue weighted by Crippen LogP contribution is 2.12. The number of nitrogens with zero attached hydrogens (tertiary/aromatic N) is 1. The normalized spacial score (nSPS) is 9.57. The molecule has 1 aromatic carbocycles. The van der Waals surface area contributed by atoms with Gasteiger partial charge in [-0.05, 0) is 18.2 Å². The van der Waals surface area contributed by atoms with Gasteiger partial charge in [-0.25, -0.2) is 0 Å². The second-order valence-electron chi connectivity index (χ2n) is 3.16. The van der Waals surface area contributed by atoms with Gasteiger partial charge in [0.25, 0.3) is 5.91 Å². The number of carbonyl (C=O) groups excluding carboxylic acids is 2. The maximum Gasteiger partial charge on any atom is 0.253 e. The van der Waals surface area contributed by atoms with Crippen molar-refractivity contribution in [1.82, 2.24) is 4.90 Å². The Bertz CT molecular complexity index is 372. The molecule has 1 aromatic rings. The number of nitrogen functional groups attached to an aromatic ring is 1. The summed E-state index contributed by atoms with van der Waals surface area (Å²) in [5, 5.41) is 0. The first kappa shape index (κ1) is 10.2. The topological polar surface area (TPSA) is 63.4 Å². The van der Waals surface area contributed by atoms with Gasteiger partial charge in [-0.2, -0.15) is 0 Å². The van der Waals surface area contributed by atoms with Crippen LogP contribution in [0.1, 0.15) is 20.7 Å². The van der Waals surface area contributed by atoms with E-state index in [1.165, 1.54) is 11.0 Å². The van der Waals surface area contributed by atoms with Crippen LogP contribution in [0.25, 0.3) is 0 Å². The van der Waals surface area contributed by atoms with Gasteiger partial charge in [0, 0.05) is 30.9 Å². The summed E-state index contributed by atoms with van der Waals surface area (Å²) < 4.78 is 0. The van der Waals surface area contributed by atoms with Gasteiger partial charge >= 0.3 is 0 Å². The van der Waals surface area contributed by atoms with E-state index in [4.69, 9.17) is 5.73 Å². The first-order valence-electron chi connectivity index (χ1n) is 4.12. The molecule has 14 heavy (non-hydrogen) atoms. The fourth-order valence-corrected chi connectivity index (χ4v) is 1.07. The highest BCUT2D eigenvalue weighted by atomic mass is 16.2. The van der Waals surface area contributed by atoms with E-state index in [0.717, 1.165) is 0 Å². The summed E-state index contributed by atoms with van der Waals surface area (Å²) in [5.41, 5.74) is 6.71. The first-order chi connectivity index (χ1) is 6.56. The Morgan fingerprint density at radius 1 is 1.43 bits per heavy atom. The third kappa shape index (κ3) is 1.90. The van der Waals surface area contributed by atoms with E-state index >= 15 is 0 Å². The van der Waals surface area contributed by atoms with Gasteiger partial charge in [-0.15, -0.1) is 0 Å². The minimum Gasteiger partial charge on any atom is -0.398 e. The number of amides is 1. The van der Waals surface area contributed by atoms with Crippen LogP contribution >= 0.6 is 0 Å². The van der Waals surface area contributed by atoms with Gasteiger partial charge in [0.05, 0.1) is 0 Å². The molecule has 0 atom stereocenters. The Hall–Kier alpha value is -1.84. The number of carbonyl (C=O) groups is 2. The van der Waals surface area contributed by atoms with Crippen LogP contribution < -0.4 is 5.73 Å². The van der Waals surface area contributed by atoms with Crippen molar-refractivity contribution in [2.24, 2.45) is 0 Å². The Morgan fingerprint density at radius 3 is 2.57 bits per heavy atom. The van der Waals surface area contributed by atoms with E-state index < -0.39 is 0 Å². The number of nitrogens with two attached hydrogens (primary N) is 1. The molecule has 0 heterocycles. The monoisotopic (exact) mass is 192 g/mol. The maximum absolute atomic E-state index is 11.5. The molecule has 0 aliphatic heterocycles. The number of hydrogen-bond acceptors (Lipinski definition) is 3. The lowest BCUT2D eigenvalue weighted by Crippen LogP contribution is -2.21. The predicted octanol–water partition coefficient (Wildman–Crippen LogP) is 0.783. The summed E-state index contributed by atoms with van der Waals surface area (Å²) in [5.74, 6) is -0.145. The summed E-state index contributed by atoms with van der Waals surface area (Å²) in [7, 11) is 3.30. The highest BCUT2D eigenvalue weighted by Gasteiger charge is 2.09. The molecular weight excluding hydrogens is 180 g/mol. The third-order valence-corrected chi connectivity index (χ3v) is 1.87. The van der Waals surface area contributed by atoms with Gasteiger partial charge < -0.3 is 10.6 Å². The number of anilines is 1. The van der Waals surface area contributed by atoms with Crippen LogP contribution in [0.3, 0.4) is 0 Å². The molecule has 0 saturated carbocycles. The molecule has 74 valence electrons. The average molecular weight is 192 g/mol. The SMILES string of the molecule is CN(C)C(=O)c1ccc(N)c(C=O)c1. The van der Waals surface area contributed by atoms with Crippen LogP contribution in [0.15, 0.2) is 18.2 Å². The Balaban J connectivity index is 3.12. The largest absolute Gasteiger partial charge is 0.398 e. The second kappa shape index (κ2) is 3.91. The van der Waals surface area contributed by atoms with Crippen molar-refractivity contribution in [3.8, 4) is 0 Å². The average Bonchev–Trinajstić information content (AvgIpc) is 2.17. The predicted molar refractivity (Wildman–Crippen MR) is 54.3 cm³/mol. The van der Waals surface area contributed by atoms with Gasteiger partial charge in [0.1, 0.15) is 0 Å². The van der Waals surface area contributed by atoms with E-state index in [-0.39, 0.29) is 5.91 Å². The second-order valence-corrected chi connectivity index (χ2v) is 3.16. The number of aldehydes is 1. The summed E-state index contributed by atoms with van der Waals surface area (Å²) in [6, 6.07) is 4.65. The van der Waals surface area contributed by atoms with E-state index in [9.17, 15) is 9.59 Å². The number of benzene rings is 1. The molecule has 0 saturated heterocycles. The lowest BCUT2D eigenvalue weighted by Gasteiger charge is -2.10. The summed E-state index contributed by atoms with van der Waals surface area (Å²) in [6.07, 6.45) is 0.641. The molecule has 0 aromatic heterocycles. The van der Waals surface area contributed by atoms with Crippen LogP contribution in [0.5, 0.6) is 0 Å². The fraction of sp³-hybridized carbons (Fsp3) is 0.200. The fourth-order valence-electron chi connectivity index (χ4n) is 1.07. The molecule has 0 fully saturated rings. The first-order valence-corrected chi connectivity index (χ1v) is 4.12. The summed E-state index contributed by atoms with van der Waals surface area (Å²) in [4.78, 5) is 23.5. The van der Waals surface area contributed by atoms with Crippen LogP contribution in [0.4, 0.5) is 5.69 Å². The van der Waals surface area contributed by atoms with Crippen molar-refractivity contribution in [3.63, 3.8) is 0 Å². The van der Waals surface area contributed by atoms with Crippen molar-refractivity contribution in [2.75, 3.05) is 19.8 Å².